The summed E-state index contributed by atoms with van der Waals surface area (Å²) in [6, 6.07) is 0. The van der Waals surface area contributed by atoms with E-state index in [1.165, 1.54) is 24.2 Å². The van der Waals surface area contributed by atoms with E-state index < -0.39 is 5.97 Å². The van der Waals surface area contributed by atoms with Crippen molar-refractivity contribution in [3.8, 4) is 0 Å². The minimum atomic E-state index is -1.22. The van der Waals surface area contributed by atoms with Crippen molar-refractivity contribution in [1.82, 2.24) is 9.97 Å². The Balaban J connectivity index is 2.84. The third-order valence-corrected chi connectivity index (χ3v) is 1.98. The molecule has 2 N–H and O–H groups in total. The second-order valence-electron chi connectivity index (χ2n) is 2.54. The molecule has 0 radical (unpaired) electrons. The molecule has 0 aliphatic heterocycles. The molecule has 0 bridgehead atoms. The van der Waals surface area contributed by atoms with Crippen molar-refractivity contribution in [2.24, 2.45) is 0 Å². The van der Waals surface area contributed by atoms with Gasteiger partial charge in [-0.1, -0.05) is 0 Å². The summed E-state index contributed by atoms with van der Waals surface area (Å²) in [4.78, 5) is 29.2. The van der Waals surface area contributed by atoms with Gasteiger partial charge in [-0.25, -0.2) is 14.8 Å². The molecular formula is C8H9N3O3S. The van der Waals surface area contributed by atoms with E-state index in [1.807, 2.05) is 0 Å². The van der Waals surface area contributed by atoms with Crippen LogP contribution in [0.5, 0.6) is 0 Å². The summed E-state index contributed by atoms with van der Waals surface area (Å²) < 4.78 is 0. The Bertz CT molecular complexity index is 383. The first-order chi connectivity index (χ1) is 7.15. The van der Waals surface area contributed by atoms with Gasteiger partial charge in [-0.05, 0) is 6.26 Å². The molecule has 0 unspecified atom stereocenters. The standard InChI is InChI=1S/C8H9N3O3S/c1-15-4-5(12)11-7-6(8(13)14)9-2-3-10-7/h2-3H,4H2,1H3,(H,13,14)(H,10,11,12). The number of hydrogen-bond acceptors (Lipinski definition) is 5. The smallest absolute Gasteiger partial charge is 0.358 e. The van der Waals surface area contributed by atoms with Crippen LogP contribution >= 0.6 is 11.8 Å². The minimum absolute atomic E-state index is 0.0240. The maximum absolute atomic E-state index is 11.2. The SMILES string of the molecule is CSCC(=O)Nc1nccnc1C(=O)O. The van der Waals surface area contributed by atoms with Crippen molar-refractivity contribution < 1.29 is 14.7 Å². The number of rotatable bonds is 4. The van der Waals surface area contributed by atoms with E-state index in [4.69, 9.17) is 5.11 Å². The van der Waals surface area contributed by atoms with Crippen LogP contribution in [-0.4, -0.2) is 39.0 Å². The van der Waals surface area contributed by atoms with Crippen LogP contribution in [0.3, 0.4) is 0 Å². The molecule has 1 aromatic heterocycles. The lowest BCUT2D eigenvalue weighted by Gasteiger charge is -2.04. The quantitative estimate of drug-likeness (QED) is 0.777. The molecule has 0 fully saturated rings. The summed E-state index contributed by atoms with van der Waals surface area (Å²) in [5, 5.41) is 11.1. The van der Waals surface area contributed by atoms with Crippen LogP contribution < -0.4 is 5.32 Å². The number of carboxylic acid groups (broad SMARTS) is 1. The highest BCUT2D eigenvalue weighted by Gasteiger charge is 2.14. The topological polar surface area (TPSA) is 92.2 Å². The molecule has 7 heteroatoms. The van der Waals surface area contributed by atoms with E-state index in [1.54, 1.807) is 6.26 Å². The van der Waals surface area contributed by atoms with Crippen LogP contribution in [0.2, 0.25) is 0 Å². The molecule has 0 saturated carbocycles. The number of nitrogens with one attached hydrogen (secondary N) is 1. The average molecular weight is 227 g/mol. The lowest BCUT2D eigenvalue weighted by molar-refractivity contribution is -0.113. The number of carbonyl (C=O) groups is 2. The maximum atomic E-state index is 11.2. The van der Waals surface area contributed by atoms with Crippen molar-refractivity contribution in [1.29, 1.82) is 0 Å². The van der Waals surface area contributed by atoms with Gasteiger partial charge in [0.2, 0.25) is 5.91 Å². The van der Waals surface area contributed by atoms with Gasteiger partial charge in [0, 0.05) is 12.4 Å². The predicted octanol–water partition coefficient (Wildman–Crippen LogP) is 0.476. The monoisotopic (exact) mass is 227 g/mol. The Hall–Kier alpha value is -1.63. The van der Waals surface area contributed by atoms with Gasteiger partial charge in [0.05, 0.1) is 5.75 Å². The molecule has 1 heterocycles. The summed E-state index contributed by atoms with van der Waals surface area (Å²) in [7, 11) is 0. The Morgan fingerprint density at radius 1 is 1.47 bits per heavy atom. The largest absolute Gasteiger partial charge is 0.476 e. The van der Waals surface area contributed by atoms with E-state index in [0.29, 0.717) is 0 Å². The first-order valence-electron chi connectivity index (χ1n) is 3.98. The molecule has 0 aliphatic rings. The fourth-order valence-electron chi connectivity index (χ4n) is 0.885. The third-order valence-electron chi connectivity index (χ3n) is 1.43. The van der Waals surface area contributed by atoms with Crippen LogP contribution in [0.15, 0.2) is 12.4 Å². The van der Waals surface area contributed by atoms with Gasteiger partial charge >= 0.3 is 5.97 Å². The lowest BCUT2D eigenvalue weighted by Crippen LogP contribution is -2.18. The van der Waals surface area contributed by atoms with E-state index in [2.05, 4.69) is 15.3 Å². The van der Waals surface area contributed by atoms with E-state index in [9.17, 15) is 9.59 Å². The molecule has 80 valence electrons. The zero-order chi connectivity index (χ0) is 11.3. The van der Waals surface area contributed by atoms with Gasteiger partial charge in [-0.3, -0.25) is 4.79 Å². The number of aromatic carboxylic acids is 1. The molecule has 1 rings (SSSR count). The van der Waals surface area contributed by atoms with Gasteiger partial charge in [-0.15, -0.1) is 0 Å². The summed E-state index contributed by atoms with van der Waals surface area (Å²) in [5.74, 6) is -1.30. The zero-order valence-corrected chi connectivity index (χ0v) is 8.74. The number of thioether (sulfide) groups is 1. The van der Waals surface area contributed by atoms with Crippen LogP contribution in [0.25, 0.3) is 0 Å². The highest BCUT2D eigenvalue weighted by Crippen LogP contribution is 2.08. The number of amides is 1. The number of nitrogens with zero attached hydrogens (tertiary/aromatic N) is 2. The summed E-state index contributed by atoms with van der Waals surface area (Å²) in [6.45, 7) is 0. The van der Waals surface area contributed by atoms with E-state index >= 15 is 0 Å². The molecule has 0 aliphatic carbocycles. The number of carboxylic acids is 1. The molecule has 6 nitrogen and oxygen atoms in total. The van der Waals surface area contributed by atoms with Crippen molar-refractivity contribution in [2.75, 3.05) is 17.3 Å². The maximum Gasteiger partial charge on any atom is 0.358 e. The fourth-order valence-corrected chi connectivity index (χ4v) is 1.22. The number of hydrogen-bond donors (Lipinski definition) is 2. The van der Waals surface area contributed by atoms with Gasteiger partial charge in [-0.2, -0.15) is 11.8 Å². The summed E-state index contributed by atoms with van der Waals surface area (Å²) >= 11 is 1.34. The normalized spacial score (nSPS) is 9.67. The van der Waals surface area contributed by atoms with Gasteiger partial charge in [0.25, 0.3) is 0 Å². The van der Waals surface area contributed by atoms with Crippen molar-refractivity contribution in [3.05, 3.63) is 18.1 Å². The minimum Gasteiger partial charge on any atom is -0.476 e. The molecule has 15 heavy (non-hydrogen) atoms. The summed E-state index contributed by atoms with van der Waals surface area (Å²) in [6.07, 6.45) is 4.35. The summed E-state index contributed by atoms with van der Waals surface area (Å²) in [5.41, 5.74) is -0.257. The first-order valence-corrected chi connectivity index (χ1v) is 5.37. The molecule has 0 spiro atoms. The number of carbonyl (C=O) groups excluding carboxylic acids is 1. The zero-order valence-electron chi connectivity index (χ0n) is 7.93. The van der Waals surface area contributed by atoms with Gasteiger partial charge < -0.3 is 10.4 Å². The Morgan fingerprint density at radius 2 is 2.13 bits per heavy atom. The van der Waals surface area contributed by atoms with Crippen LogP contribution in [0.4, 0.5) is 5.82 Å². The van der Waals surface area contributed by atoms with E-state index in [-0.39, 0.29) is 23.2 Å². The van der Waals surface area contributed by atoms with Crippen LogP contribution in [0.1, 0.15) is 10.5 Å². The second kappa shape index (κ2) is 5.30. The lowest BCUT2D eigenvalue weighted by atomic mass is 10.4. The Labute approximate surface area is 90.1 Å². The number of aromatic nitrogens is 2. The third kappa shape index (κ3) is 3.21. The highest BCUT2D eigenvalue weighted by atomic mass is 32.2. The second-order valence-corrected chi connectivity index (χ2v) is 3.41. The average Bonchev–Trinajstić information content (AvgIpc) is 2.18. The van der Waals surface area contributed by atoms with Crippen molar-refractivity contribution in [3.63, 3.8) is 0 Å². The molecular weight excluding hydrogens is 218 g/mol. The van der Waals surface area contributed by atoms with Crippen LogP contribution in [0, 0.1) is 0 Å². The molecule has 0 saturated heterocycles. The first kappa shape index (κ1) is 11.4. The number of anilines is 1. The van der Waals surface area contributed by atoms with Gasteiger partial charge in [0.15, 0.2) is 11.5 Å². The Kier molecular flexibility index (Phi) is 4.04. The van der Waals surface area contributed by atoms with Gasteiger partial charge in [0.1, 0.15) is 0 Å². The molecule has 0 atom stereocenters. The highest BCUT2D eigenvalue weighted by molar-refractivity contribution is 7.99. The predicted molar refractivity (Wildman–Crippen MR) is 56.0 cm³/mol. The Morgan fingerprint density at radius 3 is 2.73 bits per heavy atom. The molecule has 1 aromatic rings. The fraction of sp³-hybridized carbons (Fsp3) is 0.250. The van der Waals surface area contributed by atoms with Crippen molar-refractivity contribution in [2.45, 2.75) is 0 Å². The van der Waals surface area contributed by atoms with Crippen LogP contribution in [-0.2, 0) is 4.79 Å². The molecule has 1 amide bonds. The van der Waals surface area contributed by atoms with E-state index in [0.717, 1.165) is 0 Å². The van der Waals surface area contributed by atoms with Crippen molar-refractivity contribution >= 4 is 29.5 Å². The molecule has 0 aromatic carbocycles.